The van der Waals surface area contributed by atoms with Crippen molar-refractivity contribution in [3.8, 4) is 22.6 Å². The summed E-state index contributed by atoms with van der Waals surface area (Å²) >= 11 is 6.68. The lowest BCUT2D eigenvalue weighted by atomic mass is 10.0. The lowest BCUT2D eigenvalue weighted by molar-refractivity contribution is -0.127. The van der Waals surface area contributed by atoms with E-state index in [4.69, 9.17) is 26.4 Å². The molecule has 178 valence electrons. The van der Waals surface area contributed by atoms with E-state index in [1.165, 1.54) is 25.6 Å². The molecule has 0 aliphatic carbocycles. The van der Waals surface area contributed by atoms with Crippen LogP contribution < -0.4 is 25.6 Å². The van der Waals surface area contributed by atoms with Crippen molar-refractivity contribution in [3.63, 3.8) is 0 Å². The van der Waals surface area contributed by atoms with Crippen LogP contribution in [0.4, 0.5) is 5.00 Å². The van der Waals surface area contributed by atoms with Crippen LogP contribution in [0, 0.1) is 6.92 Å². The largest absolute Gasteiger partial charge is 0.493 e. The molecule has 0 radical (unpaired) electrons. The molecule has 0 aliphatic rings. The van der Waals surface area contributed by atoms with Gasteiger partial charge < -0.3 is 19.5 Å². The molecule has 0 saturated carbocycles. The van der Waals surface area contributed by atoms with Crippen LogP contribution in [-0.4, -0.2) is 37.3 Å². The normalized spacial score (nSPS) is 11.2. The molecule has 1 heterocycles. The molecule has 0 bridgehead atoms. The number of carbonyl (C=O) groups is 2. The molecule has 0 saturated heterocycles. The molecular formula is C24H25N3O5S2. The lowest BCUT2D eigenvalue weighted by Crippen LogP contribution is -2.48. The van der Waals surface area contributed by atoms with Crippen molar-refractivity contribution in [2.75, 3.05) is 19.5 Å². The maximum Gasteiger partial charge on any atom is 0.341 e. The van der Waals surface area contributed by atoms with Gasteiger partial charge in [-0.25, -0.2) is 4.79 Å². The second-order valence-electron chi connectivity index (χ2n) is 7.07. The van der Waals surface area contributed by atoms with Crippen molar-refractivity contribution in [1.29, 1.82) is 0 Å². The van der Waals surface area contributed by atoms with Gasteiger partial charge in [0.15, 0.2) is 22.7 Å². The fourth-order valence-corrected chi connectivity index (χ4v) is 4.48. The smallest absolute Gasteiger partial charge is 0.341 e. The number of thiophene rings is 1. The molecule has 1 amide bonds. The predicted molar refractivity (Wildman–Crippen MR) is 136 cm³/mol. The summed E-state index contributed by atoms with van der Waals surface area (Å²) in [6, 6.07) is 16.6. The number of hydrogen-bond donors (Lipinski definition) is 3. The number of methoxy groups -OCH3 is 2. The third-order valence-electron chi connectivity index (χ3n) is 4.80. The van der Waals surface area contributed by atoms with Crippen molar-refractivity contribution in [3.05, 3.63) is 65.0 Å². The molecule has 3 rings (SSSR count). The molecule has 34 heavy (non-hydrogen) atoms. The number of esters is 1. The summed E-state index contributed by atoms with van der Waals surface area (Å²) in [4.78, 5) is 26.0. The molecule has 8 nitrogen and oxygen atoms in total. The second kappa shape index (κ2) is 11.5. The van der Waals surface area contributed by atoms with E-state index in [2.05, 4.69) is 16.2 Å². The van der Waals surface area contributed by atoms with E-state index in [0.717, 1.165) is 16.0 Å². The minimum Gasteiger partial charge on any atom is -0.493 e. The first kappa shape index (κ1) is 25.0. The topological polar surface area (TPSA) is 97.9 Å². The number of benzene rings is 2. The molecule has 10 heteroatoms. The van der Waals surface area contributed by atoms with E-state index in [-0.39, 0.29) is 5.11 Å². The number of hydrazine groups is 1. The minimum atomic E-state index is -0.828. The van der Waals surface area contributed by atoms with Gasteiger partial charge in [0, 0.05) is 10.4 Å². The summed E-state index contributed by atoms with van der Waals surface area (Å²) < 4.78 is 15.9. The highest BCUT2D eigenvalue weighted by atomic mass is 32.1. The number of rotatable bonds is 7. The molecule has 1 aromatic heterocycles. The number of nitrogens with one attached hydrogen (secondary N) is 3. The molecule has 2 aromatic carbocycles. The number of carbonyl (C=O) groups excluding carboxylic acids is 2. The van der Waals surface area contributed by atoms with Gasteiger partial charge in [0.2, 0.25) is 0 Å². The molecule has 0 fully saturated rings. The zero-order valence-corrected chi connectivity index (χ0v) is 20.8. The van der Waals surface area contributed by atoms with Crippen molar-refractivity contribution >= 4 is 45.5 Å². The molecule has 0 spiro atoms. The first-order valence-electron chi connectivity index (χ1n) is 10.3. The van der Waals surface area contributed by atoms with Gasteiger partial charge in [-0.3, -0.25) is 15.6 Å². The molecule has 1 atom stereocenters. The van der Waals surface area contributed by atoms with Gasteiger partial charge in [-0.15, -0.1) is 11.3 Å². The van der Waals surface area contributed by atoms with Crippen LogP contribution in [0.25, 0.3) is 11.1 Å². The predicted octanol–water partition coefficient (Wildman–Crippen LogP) is 4.30. The zero-order chi connectivity index (χ0) is 24.7. The highest BCUT2D eigenvalue weighted by Gasteiger charge is 2.25. The standard InChI is InChI=1S/C24H25N3O5S2/c1-14(32-18-13-9-8-12-17(18)30-3)21(28)26-27-24(33)25-22-20(23(29)31-4)19(15(2)34-22)16-10-6-5-7-11-16/h5-14H,1-4H3,(H,26,28)(H2,25,27,33)/t14-/m1/s1. The Kier molecular flexibility index (Phi) is 8.44. The van der Waals surface area contributed by atoms with Gasteiger partial charge in [-0.2, -0.15) is 0 Å². The number of aryl methyl sites for hydroxylation is 1. The molecule has 0 unspecified atom stereocenters. The van der Waals surface area contributed by atoms with Crippen molar-refractivity contribution in [2.24, 2.45) is 0 Å². The van der Waals surface area contributed by atoms with Gasteiger partial charge >= 0.3 is 5.97 Å². The maximum atomic E-state index is 12.6. The van der Waals surface area contributed by atoms with Crippen LogP contribution in [0.1, 0.15) is 22.2 Å². The van der Waals surface area contributed by atoms with E-state index in [1.807, 2.05) is 37.3 Å². The van der Waals surface area contributed by atoms with Crippen molar-refractivity contribution in [1.82, 2.24) is 10.9 Å². The van der Waals surface area contributed by atoms with Crippen LogP contribution in [0.15, 0.2) is 54.6 Å². The Bertz CT molecular complexity index is 1180. The van der Waals surface area contributed by atoms with Crippen LogP contribution in [0.5, 0.6) is 11.5 Å². The fourth-order valence-electron chi connectivity index (χ4n) is 3.20. The summed E-state index contributed by atoms with van der Waals surface area (Å²) in [5, 5.41) is 3.59. The highest BCUT2D eigenvalue weighted by Crippen LogP contribution is 2.40. The number of amides is 1. The quantitative estimate of drug-likeness (QED) is 0.251. The van der Waals surface area contributed by atoms with Crippen molar-refractivity contribution < 1.29 is 23.8 Å². The van der Waals surface area contributed by atoms with E-state index in [9.17, 15) is 9.59 Å². The summed E-state index contributed by atoms with van der Waals surface area (Å²) in [6.45, 7) is 3.52. The average Bonchev–Trinajstić information content (AvgIpc) is 3.17. The molecular weight excluding hydrogens is 474 g/mol. The first-order chi connectivity index (χ1) is 16.3. The first-order valence-corrected chi connectivity index (χ1v) is 11.5. The number of anilines is 1. The highest BCUT2D eigenvalue weighted by molar-refractivity contribution is 7.80. The van der Waals surface area contributed by atoms with Crippen LogP contribution in [0.2, 0.25) is 0 Å². The molecule has 3 aromatic rings. The third-order valence-corrected chi connectivity index (χ3v) is 6.03. The minimum absolute atomic E-state index is 0.101. The number of thiocarbonyl (C=S) groups is 1. The molecule has 3 N–H and O–H groups in total. The number of para-hydroxylation sites is 2. The summed E-state index contributed by atoms with van der Waals surface area (Å²) in [6.07, 6.45) is -0.828. The Labute approximate surface area is 207 Å². The van der Waals surface area contributed by atoms with Gasteiger partial charge in [-0.05, 0) is 43.8 Å². The second-order valence-corrected chi connectivity index (χ2v) is 8.71. The maximum absolute atomic E-state index is 12.6. The Balaban J connectivity index is 1.68. The van der Waals surface area contributed by atoms with E-state index in [1.54, 1.807) is 31.2 Å². The van der Waals surface area contributed by atoms with E-state index < -0.39 is 18.0 Å². The van der Waals surface area contributed by atoms with Gasteiger partial charge in [0.25, 0.3) is 5.91 Å². The SMILES string of the molecule is COC(=O)c1c(NC(=S)NNC(=O)[C@@H](C)Oc2ccccc2OC)sc(C)c1-c1ccccc1. The summed E-state index contributed by atoms with van der Waals surface area (Å²) in [5.74, 6) is 0.0236. The van der Waals surface area contributed by atoms with Crippen LogP contribution in [-0.2, 0) is 9.53 Å². The Morgan fingerprint density at radius 2 is 1.62 bits per heavy atom. The average molecular weight is 500 g/mol. The Morgan fingerprint density at radius 3 is 2.26 bits per heavy atom. The van der Waals surface area contributed by atoms with Gasteiger partial charge in [0.05, 0.1) is 14.2 Å². The Morgan fingerprint density at radius 1 is 0.971 bits per heavy atom. The van der Waals surface area contributed by atoms with E-state index in [0.29, 0.717) is 22.1 Å². The number of ether oxygens (including phenoxy) is 3. The molecule has 0 aliphatic heterocycles. The van der Waals surface area contributed by atoms with Gasteiger partial charge in [-0.1, -0.05) is 42.5 Å². The fraction of sp³-hybridized carbons (Fsp3) is 0.208. The van der Waals surface area contributed by atoms with E-state index >= 15 is 0 Å². The monoisotopic (exact) mass is 499 g/mol. The number of hydrogen-bond acceptors (Lipinski definition) is 7. The lowest BCUT2D eigenvalue weighted by Gasteiger charge is -2.17. The summed E-state index contributed by atoms with van der Waals surface area (Å²) in [5.41, 5.74) is 7.18. The van der Waals surface area contributed by atoms with Crippen LogP contribution >= 0.6 is 23.6 Å². The van der Waals surface area contributed by atoms with Gasteiger partial charge in [0.1, 0.15) is 10.6 Å². The Hall–Kier alpha value is -3.63. The van der Waals surface area contributed by atoms with Crippen LogP contribution in [0.3, 0.4) is 0 Å². The van der Waals surface area contributed by atoms with Crippen molar-refractivity contribution in [2.45, 2.75) is 20.0 Å². The zero-order valence-electron chi connectivity index (χ0n) is 19.1. The third kappa shape index (κ3) is 5.83. The summed E-state index contributed by atoms with van der Waals surface area (Å²) in [7, 11) is 2.85.